The molecule has 0 spiro atoms. The van der Waals surface area contributed by atoms with E-state index >= 15 is 0 Å². The maximum atomic E-state index is 9.89. The van der Waals surface area contributed by atoms with Crippen LogP contribution in [0.5, 0.6) is 17.2 Å². The lowest BCUT2D eigenvalue weighted by Gasteiger charge is -2.10. The first-order valence-corrected chi connectivity index (χ1v) is 6.70. The molecule has 0 aliphatic carbocycles. The van der Waals surface area contributed by atoms with Gasteiger partial charge in [-0.15, -0.1) is 0 Å². The summed E-state index contributed by atoms with van der Waals surface area (Å²) in [5.41, 5.74) is 1.27. The van der Waals surface area contributed by atoms with Crippen LogP contribution in [-0.4, -0.2) is 24.3 Å². The first kappa shape index (κ1) is 14.0. The van der Waals surface area contributed by atoms with Gasteiger partial charge in [-0.3, -0.25) is 0 Å². The highest BCUT2D eigenvalue weighted by molar-refractivity contribution is 5.71. The molecule has 1 N–H and O–H groups in total. The molecule has 3 aromatic rings. The Bertz CT molecular complexity index is 795. The summed E-state index contributed by atoms with van der Waals surface area (Å²) in [7, 11) is 3.14. The molecular formula is C17H15NO4. The average Bonchev–Trinajstić information content (AvgIpc) is 3.04. The van der Waals surface area contributed by atoms with E-state index in [-0.39, 0.29) is 5.75 Å². The van der Waals surface area contributed by atoms with E-state index in [1.165, 1.54) is 0 Å². The number of benzene rings is 2. The Hall–Kier alpha value is -2.95. The molecule has 3 rings (SSSR count). The fraction of sp³-hybridized carbons (Fsp3) is 0.118. The number of hydrogen-bond acceptors (Lipinski definition) is 5. The Balaban J connectivity index is 2.07. The molecule has 0 unspecified atom stereocenters. The average molecular weight is 297 g/mol. The van der Waals surface area contributed by atoms with Gasteiger partial charge in [-0.2, -0.15) is 0 Å². The van der Waals surface area contributed by atoms with Crippen molar-refractivity contribution in [3.8, 4) is 40.0 Å². The predicted octanol–water partition coefficient (Wildman–Crippen LogP) is 3.73. The number of ether oxygens (including phenoxy) is 2. The summed E-state index contributed by atoms with van der Waals surface area (Å²) < 4.78 is 16.4. The van der Waals surface area contributed by atoms with Crippen LogP contribution in [-0.2, 0) is 0 Å². The molecule has 1 heterocycles. The lowest BCUT2D eigenvalue weighted by molar-refractivity contribution is 0.355. The Morgan fingerprint density at radius 1 is 0.955 bits per heavy atom. The fourth-order valence-corrected chi connectivity index (χ4v) is 2.26. The van der Waals surface area contributed by atoms with Gasteiger partial charge in [0, 0.05) is 0 Å². The van der Waals surface area contributed by atoms with Gasteiger partial charge >= 0.3 is 0 Å². The topological polar surface area (TPSA) is 64.7 Å². The van der Waals surface area contributed by atoms with E-state index in [0.717, 1.165) is 0 Å². The predicted molar refractivity (Wildman–Crippen MR) is 82.1 cm³/mol. The van der Waals surface area contributed by atoms with Crippen LogP contribution in [0.2, 0.25) is 0 Å². The molecule has 0 amide bonds. The van der Waals surface area contributed by atoms with Gasteiger partial charge in [-0.1, -0.05) is 18.2 Å². The van der Waals surface area contributed by atoms with E-state index in [4.69, 9.17) is 13.9 Å². The lowest BCUT2D eigenvalue weighted by Crippen LogP contribution is -1.93. The zero-order chi connectivity index (χ0) is 15.5. The Labute approximate surface area is 127 Å². The van der Waals surface area contributed by atoms with Gasteiger partial charge in [0.1, 0.15) is 5.75 Å². The van der Waals surface area contributed by atoms with Crippen LogP contribution in [0.15, 0.2) is 53.1 Å². The monoisotopic (exact) mass is 297 g/mol. The highest BCUT2D eigenvalue weighted by Gasteiger charge is 2.17. The molecule has 2 aromatic carbocycles. The molecule has 0 atom stereocenters. The molecule has 112 valence electrons. The minimum Gasteiger partial charge on any atom is -0.507 e. The number of aromatic hydroxyl groups is 1. The number of phenols is 1. The Morgan fingerprint density at radius 3 is 2.45 bits per heavy atom. The highest BCUT2D eigenvalue weighted by atomic mass is 16.5. The second kappa shape index (κ2) is 5.81. The molecule has 0 saturated carbocycles. The van der Waals surface area contributed by atoms with Crippen molar-refractivity contribution in [1.29, 1.82) is 0 Å². The van der Waals surface area contributed by atoms with E-state index in [2.05, 4.69) is 4.98 Å². The van der Waals surface area contributed by atoms with Crippen LogP contribution in [0.25, 0.3) is 22.8 Å². The summed E-state index contributed by atoms with van der Waals surface area (Å²) in [6.07, 6.45) is 1.57. The first-order valence-electron chi connectivity index (χ1n) is 6.70. The summed E-state index contributed by atoms with van der Waals surface area (Å²) in [5, 5.41) is 9.89. The Morgan fingerprint density at radius 2 is 1.73 bits per heavy atom. The van der Waals surface area contributed by atoms with Crippen LogP contribution in [0.4, 0.5) is 0 Å². The first-order chi connectivity index (χ1) is 10.7. The van der Waals surface area contributed by atoms with Crippen molar-refractivity contribution >= 4 is 0 Å². The van der Waals surface area contributed by atoms with Crippen LogP contribution in [0, 0.1) is 0 Å². The summed E-state index contributed by atoms with van der Waals surface area (Å²) in [4.78, 5) is 4.27. The molecule has 0 bridgehead atoms. The molecule has 0 aliphatic rings. The number of oxazole rings is 1. The lowest BCUT2D eigenvalue weighted by atomic mass is 10.1. The number of hydrogen-bond donors (Lipinski definition) is 1. The molecule has 5 heteroatoms. The largest absolute Gasteiger partial charge is 0.507 e. The third kappa shape index (κ3) is 2.37. The van der Waals surface area contributed by atoms with Gasteiger partial charge < -0.3 is 19.0 Å². The minimum atomic E-state index is 0.141. The van der Waals surface area contributed by atoms with Crippen molar-refractivity contribution in [2.24, 2.45) is 0 Å². The molecule has 1 aromatic heterocycles. The quantitative estimate of drug-likeness (QED) is 0.795. The maximum Gasteiger partial charge on any atom is 0.230 e. The van der Waals surface area contributed by atoms with Gasteiger partial charge in [0.15, 0.2) is 17.3 Å². The second-order valence-corrected chi connectivity index (χ2v) is 4.59. The molecule has 0 radical (unpaired) electrons. The van der Waals surface area contributed by atoms with Gasteiger partial charge in [0.25, 0.3) is 0 Å². The smallest absolute Gasteiger partial charge is 0.230 e. The van der Waals surface area contributed by atoms with E-state index in [0.29, 0.717) is 34.3 Å². The van der Waals surface area contributed by atoms with Crippen molar-refractivity contribution in [2.75, 3.05) is 14.2 Å². The number of methoxy groups -OCH3 is 2. The summed E-state index contributed by atoms with van der Waals surface area (Å²) in [6.45, 7) is 0. The van der Waals surface area contributed by atoms with E-state index in [1.54, 1.807) is 44.7 Å². The molecule has 0 aliphatic heterocycles. The van der Waals surface area contributed by atoms with Gasteiger partial charge in [0.05, 0.1) is 31.5 Å². The number of rotatable bonds is 4. The van der Waals surface area contributed by atoms with Crippen molar-refractivity contribution in [1.82, 2.24) is 4.98 Å². The summed E-state index contributed by atoms with van der Waals surface area (Å²) in [5.74, 6) is 2.17. The third-order valence-electron chi connectivity index (χ3n) is 3.31. The molecule has 0 saturated heterocycles. The third-order valence-corrected chi connectivity index (χ3v) is 3.31. The zero-order valence-electron chi connectivity index (χ0n) is 12.2. The summed E-state index contributed by atoms with van der Waals surface area (Å²) >= 11 is 0. The molecular weight excluding hydrogens is 282 g/mol. The van der Waals surface area contributed by atoms with Crippen LogP contribution >= 0.6 is 0 Å². The fourth-order valence-electron chi connectivity index (χ4n) is 2.26. The second-order valence-electron chi connectivity index (χ2n) is 4.59. The van der Waals surface area contributed by atoms with Crippen molar-refractivity contribution < 1.29 is 19.0 Å². The number of para-hydroxylation sites is 2. The summed E-state index contributed by atoms with van der Waals surface area (Å²) in [6, 6.07) is 12.4. The van der Waals surface area contributed by atoms with E-state index in [1.807, 2.05) is 18.2 Å². The maximum absolute atomic E-state index is 9.89. The number of aromatic nitrogens is 1. The van der Waals surface area contributed by atoms with Crippen LogP contribution < -0.4 is 9.47 Å². The van der Waals surface area contributed by atoms with Crippen LogP contribution in [0.1, 0.15) is 0 Å². The molecule has 5 nitrogen and oxygen atoms in total. The zero-order valence-corrected chi connectivity index (χ0v) is 12.2. The highest BCUT2D eigenvalue weighted by Crippen LogP contribution is 2.39. The van der Waals surface area contributed by atoms with Crippen molar-refractivity contribution in [3.63, 3.8) is 0 Å². The van der Waals surface area contributed by atoms with E-state index in [9.17, 15) is 5.11 Å². The minimum absolute atomic E-state index is 0.141. The van der Waals surface area contributed by atoms with E-state index < -0.39 is 0 Å². The SMILES string of the molecule is COc1cccc(-c2ncc(-c3ccccc3O)o2)c1OC. The normalized spacial score (nSPS) is 10.5. The van der Waals surface area contributed by atoms with Gasteiger partial charge in [-0.05, 0) is 24.3 Å². The van der Waals surface area contributed by atoms with Crippen molar-refractivity contribution in [3.05, 3.63) is 48.7 Å². The number of nitrogens with zero attached hydrogens (tertiary/aromatic N) is 1. The Kier molecular flexibility index (Phi) is 3.70. The standard InChI is InChI=1S/C17H15NO4/c1-20-14-9-5-7-12(16(14)21-2)17-18-10-15(22-17)11-6-3-4-8-13(11)19/h3-10,19H,1-2H3. The van der Waals surface area contributed by atoms with Gasteiger partial charge in [-0.25, -0.2) is 4.98 Å². The molecule has 0 fully saturated rings. The van der Waals surface area contributed by atoms with Crippen molar-refractivity contribution in [2.45, 2.75) is 0 Å². The number of phenolic OH excluding ortho intramolecular Hbond substituents is 1. The van der Waals surface area contributed by atoms with Gasteiger partial charge in [0.2, 0.25) is 5.89 Å². The molecule has 22 heavy (non-hydrogen) atoms. The van der Waals surface area contributed by atoms with Crippen LogP contribution in [0.3, 0.4) is 0 Å².